The minimum absolute atomic E-state index is 0.904. The molecule has 0 radical (unpaired) electrons. The predicted molar refractivity (Wildman–Crippen MR) is 212 cm³/mol. The minimum Gasteiger partial charge on any atom is -0.456 e. The van der Waals surface area contributed by atoms with Crippen LogP contribution in [0.2, 0.25) is 0 Å². The Balaban J connectivity index is 1.07. The lowest BCUT2D eigenvalue weighted by atomic mass is 10.00. The number of rotatable bonds is 5. The Morgan fingerprint density at radius 3 is 1.56 bits per heavy atom. The Bertz CT molecular complexity index is 2850. The van der Waals surface area contributed by atoms with Crippen LogP contribution in [0.25, 0.3) is 76.5 Å². The van der Waals surface area contributed by atoms with Gasteiger partial charge in [0.1, 0.15) is 11.2 Å². The van der Waals surface area contributed by atoms with Crippen LogP contribution in [0.3, 0.4) is 0 Å². The molecule has 0 unspecified atom stereocenters. The van der Waals surface area contributed by atoms with E-state index < -0.39 is 0 Å². The highest BCUT2D eigenvalue weighted by molar-refractivity contribution is 6.19. The average Bonchev–Trinajstić information content (AvgIpc) is 3.57. The van der Waals surface area contributed by atoms with Gasteiger partial charge in [-0.05, 0) is 109 Å². The highest BCUT2D eigenvalue weighted by Gasteiger charge is 2.16. The van der Waals surface area contributed by atoms with Crippen LogP contribution >= 0.6 is 0 Å². The summed E-state index contributed by atoms with van der Waals surface area (Å²) < 4.78 is 6.40. The average molecular weight is 638 g/mol. The summed E-state index contributed by atoms with van der Waals surface area (Å²) in [6.45, 7) is 0. The van der Waals surface area contributed by atoms with E-state index in [1.165, 1.54) is 48.8 Å². The molecule has 234 valence electrons. The van der Waals surface area contributed by atoms with E-state index in [-0.39, 0.29) is 0 Å². The summed E-state index contributed by atoms with van der Waals surface area (Å²) in [6.07, 6.45) is 0. The molecule has 0 aliphatic heterocycles. The topological polar surface area (TPSA) is 16.4 Å². The summed E-state index contributed by atoms with van der Waals surface area (Å²) in [6, 6.07) is 67.5. The van der Waals surface area contributed by atoms with E-state index in [1.807, 2.05) is 0 Å². The molecule has 0 spiro atoms. The summed E-state index contributed by atoms with van der Waals surface area (Å²) in [5.41, 5.74) is 9.82. The number of benzene rings is 9. The van der Waals surface area contributed by atoms with E-state index in [0.29, 0.717) is 0 Å². The van der Waals surface area contributed by atoms with Gasteiger partial charge in [-0.1, -0.05) is 133 Å². The maximum atomic E-state index is 6.40. The molecule has 0 atom stereocenters. The summed E-state index contributed by atoms with van der Waals surface area (Å²) in [5, 5.41) is 9.75. The van der Waals surface area contributed by atoms with Gasteiger partial charge in [-0.3, -0.25) is 0 Å². The molecule has 0 saturated heterocycles. The SMILES string of the molecule is c1ccc(-c2ccc(N(c3ccc(-c4ccc5c(c4)oc4ccc6ccccc6c45)cc3)c3ccc4ccc5ccccc5c4c3)cc2)cc1. The molecule has 1 heterocycles. The first-order valence-electron chi connectivity index (χ1n) is 17.1. The molecule has 0 aliphatic rings. The number of nitrogens with zero attached hydrogens (tertiary/aromatic N) is 1. The second-order valence-corrected chi connectivity index (χ2v) is 13.0. The van der Waals surface area contributed by atoms with Crippen molar-refractivity contribution < 1.29 is 4.42 Å². The number of hydrogen-bond donors (Lipinski definition) is 0. The Labute approximate surface area is 290 Å². The van der Waals surface area contributed by atoms with Gasteiger partial charge in [0.15, 0.2) is 0 Å². The quantitative estimate of drug-likeness (QED) is 0.175. The molecule has 10 rings (SSSR count). The van der Waals surface area contributed by atoms with E-state index in [0.717, 1.165) is 44.7 Å². The highest BCUT2D eigenvalue weighted by Crippen LogP contribution is 2.40. The monoisotopic (exact) mass is 637 g/mol. The lowest BCUT2D eigenvalue weighted by Gasteiger charge is -2.26. The van der Waals surface area contributed by atoms with Crippen molar-refractivity contribution in [1.29, 1.82) is 0 Å². The summed E-state index contributed by atoms with van der Waals surface area (Å²) in [7, 11) is 0. The van der Waals surface area contributed by atoms with Gasteiger partial charge in [-0.25, -0.2) is 0 Å². The molecular weight excluding hydrogens is 607 g/mol. The van der Waals surface area contributed by atoms with Crippen LogP contribution in [-0.4, -0.2) is 0 Å². The summed E-state index contributed by atoms with van der Waals surface area (Å²) >= 11 is 0. The molecular formula is C48H31NO. The van der Waals surface area contributed by atoms with Gasteiger partial charge in [0.2, 0.25) is 0 Å². The van der Waals surface area contributed by atoms with E-state index in [1.54, 1.807) is 0 Å². The van der Waals surface area contributed by atoms with E-state index in [2.05, 4.69) is 193 Å². The normalized spacial score (nSPS) is 11.6. The third kappa shape index (κ3) is 4.73. The van der Waals surface area contributed by atoms with Crippen molar-refractivity contribution in [3.8, 4) is 22.3 Å². The van der Waals surface area contributed by atoms with E-state index in [9.17, 15) is 0 Å². The van der Waals surface area contributed by atoms with Crippen LogP contribution in [0.1, 0.15) is 0 Å². The van der Waals surface area contributed by atoms with Crippen LogP contribution in [0.5, 0.6) is 0 Å². The minimum atomic E-state index is 0.904. The Hall–Kier alpha value is -6.64. The second kappa shape index (κ2) is 11.5. The lowest BCUT2D eigenvalue weighted by Crippen LogP contribution is -2.09. The molecule has 0 fully saturated rings. The van der Waals surface area contributed by atoms with Crippen LogP contribution in [-0.2, 0) is 0 Å². The molecule has 0 saturated carbocycles. The van der Waals surface area contributed by atoms with Crippen molar-refractivity contribution in [2.75, 3.05) is 4.90 Å². The maximum absolute atomic E-state index is 6.40. The fourth-order valence-electron chi connectivity index (χ4n) is 7.54. The molecule has 0 amide bonds. The lowest BCUT2D eigenvalue weighted by molar-refractivity contribution is 0.669. The summed E-state index contributed by atoms with van der Waals surface area (Å²) in [5.74, 6) is 0. The third-order valence-corrected chi connectivity index (χ3v) is 10.0. The van der Waals surface area contributed by atoms with Crippen molar-refractivity contribution in [1.82, 2.24) is 0 Å². The molecule has 1 aromatic heterocycles. The van der Waals surface area contributed by atoms with Gasteiger partial charge in [-0.2, -0.15) is 0 Å². The van der Waals surface area contributed by atoms with Crippen molar-refractivity contribution in [3.63, 3.8) is 0 Å². The second-order valence-electron chi connectivity index (χ2n) is 13.0. The van der Waals surface area contributed by atoms with Gasteiger partial charge in [0.05, 0.1) is 0 Å². The number of hydrogen-bond acceptors (Lipinski definition) is 2. The molecule has 2 nitrogen and oxygen atoms in total. The van der Waals surface area contributed by atoms with Crippen molar-refractivity contribution in [2.24, 2.45) is 0 Å². The first-order valence-corrected chi connectivity index (χ1v) is 17.1. The van der Waals surface area contributed by atoms with Crippen molar-refractivity contribution in [3.05, 3.63) is 188 Å². The molecule has 0 bridgehead atoms. The van der Waals surface area contributed by atoms with Crippen molar-refractivity contribution in [2.45, 2.75) is 0 Å². The van der Waals surface area contributed by atoms with Gasteiger partial charge >= 0.3 is 0 Å². The molecule has 0 aliphatic carbocycles. The maximum Gasteiger partial charge on any atom is 0.136 e. The van der Waals surface area contributed by atoms with Gasteiger partial charge in [0, 0.05) is 27.8 Å². The van der Waals surface area contributed by atoms with Crippen LogP contribution in [0.15, 0.2) is 192 Å². The van der Waals surface area contributed by atoms with Crippen molar-refractivity contribution >= 4 is 71.3 Å². The first kappa shape index (κ1) is 28.4. The third-order valence-electron chi connectivity index (χ3n) is 10.0. The smallest absolute Gasteiger partial charge is 0.136 e. The molecule has 9 aromatic carbocycles. The van der Waals surface area contributed by atoms with Gasteiger partial charge in [0.25, 0.3) is 0 Å². The zero-order valence-electron chi connectivity index (χ0n) is 27.3. The standard InChI is InChI=1S/C48H31NO/c1-2-8-32(9-3-1)33-16-23-39(24-17-33)49(41-27-20-37-15-14-35-10-4-6-12-42(35)45(37)31-41)40-25-18-34(19-26-40)38-21-28-44-47(30-38)50-46-29-22-36-11-5-7-13-43(36)48(44)46/h1-31H. The zero-order chi connectivity index (χ0) is 33.0. The zero-order valence-corrected chi connectivity index (χ0v) is 27.3. The Kier molecular flexibility index (Phi) is 6.53. The predicted octanol–water partition coefficient (Wildman–Crippen LogP) is 13.8. The molecule has 2 heteroatoms. The summed E-state index contributed by atoms with van der Waals surface area (Å²) in [4.78, 5) is 2.35. The van der Waals surface area contributed by atoms with E-state index >= 15 is 0 Å². The fourth-order valence-corrected chi connectivity index (χ4v) is 7.54. The molecule has 10 aromatic rings. The first-order chi connectivity index (χ1) is 24.8. The Morgan fingerprint density at radius 2 is 0.820 bits per heavy atom. The number of anilines is 3. The highest BCUT2D eigenvalue weighted by atomic mass is 16.3. The van der Waals surface area contributed by atoms with E-state index in [4.69, 9.17) is 4.42 Å². The molecule has 50 heavy (non-hydrogen) atoms. The van der Waals surface area contributed by atoms with Crippen LogP contribution < -0.4 is 4.90 Å². The largest absolute Gasteiger partial charge is 0.456 e. The molecule has 0 N–H and O–H groups in total. The number of fused-ring (bicyclic) bond motifs is 8. The van der Waals surface area contributed by atoms with Gasteiger partial charge < -0.3 is 9.32 Å². The van der Waals surface area contributed by atoms with Gasteiger partial charge in [-0.15, -0.1) is 0 Å². The Morgan fingerprint density at radius 1 is 0.300 bits per heavy atom. The van der Waals surface area contributed by atoms with Crippen LogP contribution in [0.4, 0.5) is 17.1 Å². The number of furan rings is 1. The van der Waals surface area contributed by atoms with Crippen LogP contribution in [0, 0.1) is 0 Å². The fraction of sp³-hybridized carbons (Fsp3) is 0.